The molecule has 152 valence electrons. The first kappa shape index (κ1) is 21.2. The van der Waals surface area contributed by atoms with Crippen LogP contribution in [0.3, 0.4) is 0 Å². The van der Waals surface area contributed by atoms with Gasteiger partial charge in [-0.05, 0) is 30.3 Å². The van der Waals surface area contributed by atoms with Crippen LogP contribution in [-0.2, 0) is 4.74 Å². The molecule has 0 spiro atoms. The molecule has 0 unspecified atom stereocenters. The van der Waals surface area contributed by atoms with Gasteiger partial charge in [-0.25, -0.2) is 4.68 Å². The van der Waals surface area contributed by atoms with E-state index in [1.54, 1.807) is 36.2 Å². The second kappa shape index (κ2) is 10.3. The molecular formula is C20H18ClF2N3O2S. The first-order chi connectivity index (χ1) is 14.1. The fourth-order valence-corrected chi connectivity index (χ4v) is 3.51. The van der Waals surface area contributed by atoms with Crippen molar-refractivity contribution in [1.29, 1.82) is 0 Å². The summed E-state index contributed by atoms with van der Waals surface area (Å²) in [5, 5.41) is 7.04. The summed E-state index contributed by atoms with van der Waals surface area (Å²) in [4.78, 5) is 5.19. The zero-order valence-corrected chi connectivity index (χ0v) is 17.0. The summed E-state index contributed by atoms with van der Waals surface area (Å²) in [6.07, 6.45) is 1.65. The molecular weight excluding hydrogens is 420 g/mol. The van der Waals surface area contributed by atoms with Crippen LogP contribution in [0.4, 0.5) is 8.78 Å². The monoisotopic (exact) mass is 437 g/mol. The lowest BCUT2D eigenvalue weighted by Gasteiger charge is -2.07. The number of thiazole rings is 1. The van der Waals surface area contributed by atoms with Gasteiger partial charge >= 0.3 is 6.61 Å². The number of hydrogen-bond acceptors (Lipinski definition) is 5. The minimum Gasteiger partial charge on any atom is -0.435 e. The van der Waals surface area contributed by atoms with Crippen LogP contribution in [0.5, 0.6) is 5.75 Å². The van der Waals surface area contributed by atoms with Gasteiger partial charge in [0.15, 0.2) is 0 Å². The molecule has 0 saturated carbocycles. The van der Waals surface area contributed by atoms with Crippen LogP contribution in [-0.4, -0.2) is 37.8 Å². The van der Waals surface area contributed by atoms with E-state index in [2.05, 4.69) is 14.8 Å². The van der Waals surface area contributed by atoms with Gasteiger partial charge in [0.2, 0.25) is 4.80 Å². The Hall–Kier alpha value is -2.55. The van der Waals surface area contributed by atoms with E-state index in [1.165, 1.54) is 23.5 Å². The average Bonchev–Trinajstić information content (AvgIpc) is 3.10. The van der Waals surface area contributed by atoms with Crippen LogP contribution in [0.25, 0.3) is 11.3 Å². The molecule has 0 aliphatic carbocycles. The summed E-state index contributed by atoms with van der Waals surface area (Å²) < 4.78 is 35.9. The second-order valence-electron chi connectivity index (χ2n) is 5.76. The molecule has 0 aliphatic heterocycles. The van der Waals surface area contributed by atoms with Crippen molar-refractivity contribution in [2.75, 3.05) is 20.3 Å². The molecule has 0 atom stereocenters. The molecule has 1 aromatic heterocycles. The second-order valence-corrected chi connectivity index (χ2v) is 7.00. The largest absolute Gasteiger partial charge is 0.435 e. The number of aromatic nitrogens is 1. The zero-order chi connectivity index (χ0) is 20.6. The van der Waals surface area contributed by atoms with Crippen LogP contribution in [0, 0.1) is 0 Å². The lowest BCUT2D eigenvalue weighted by molar-refractivity contribution is -0.0498. The van der Waals surface area contributed by atoms with Crippen LogP contribution in [0.1, 0.15) is 5.56 Å². The molecule has 0 fully saturated rings. The Bertz CT molecular complexity index is 1030. The number of alkyl halides is 2. The Morgan fingerprint density at radius 1 is 1.17 bits per heavy atom. The number of rotatable bonds is 8. The van der Waals surface area contributed by atoms with Crippen LogP contribution in [0.15, 0.2) is 64.0 Å². The summed E-state index contributed by atoms with van der Waals surface area (Å²) >= 11 is 7.63. The van der Waals surface area contributed by atoms with Crippen LogP contribution >= 0.6 is 22.9 Å². The van der Waals surface area contributed by atoms with Gasteiger partial charge < -0.3 is 9.47 Å². The number of nitrogens with zero attached hydrogens (tertiary/aromatic N) is 3. The van der Waals surface area contributed by atoms with Gasteiger partial charge in [-0.3, -0.25) is 4.99 Å². The summed E-state index contributed by atoms with van der Waals surface area (Å²) in [7, 11) is 1.61. The maximum absolute atomic E-state index is 12.4. The zero-order valence-electron chi connectivity index (χ0n) is 15.5. The lowest BCUT2D eigenvalue weighted by Crippen LogP contribution is -2.13. The van der Waals surface area contributed by atoms with E-state index >= 15 is 0 Å². The van der Waals surface area contributed by atoms with Gasteiger partial charge in [-0.2, -0.15) is 13.9 Å². The van der Waals surface area contributed by atoms with Gasteiger partial charge in [0, 0.05) is 28.6 Å². The highest BCUT2D eigenvalue weighted by atomic mass is 35.5. The maximum atomic E-state index is 12.4. The van der Waals surface area contributed by atoms with Crippen molar-refractivity contribution in [2.45, 2.75) is 6.61 Å². The van der Waals surface area contributed by atoms with E-state index in [9.17, 15) is 8.78 Å². The normalized spacial score (nSPS) is 12.2. The minimum absolute atomic E-state index is 0.0927. The van der Waals surface area contributed by atoms with Gasteiger partial charge in [0.1, 0.15) is 5.75 Å². The molecule has 3 rings (SSSR count). The number of hydrogen-bond donors (Lipinski definition) is 0. The van der Waals surface area contributed by atoms with E-state index in [1.807, 2.05) is 23.6 Å². The number of halogens is 3. The van der Waals surface area contributed by atoms with Crippen molar-refractivity contribution in [3.8, 4) is 17.0 Å². The third-order valence-electron chi connectivity index (χ3n) is 3.82. The first-order valence-electron chi connectivity index (χ1n) is 8.62. The summed E-state index contributed by atoms with van der Waals surface area (Å²) in [6, 6.07) is 13.7. The summed E-state index contributed by atoms with van der Waals surface area (Å²) in [5.41, 5.74) is 2.31. The maximum Gasteiger partial charge on any atom is 0.387 e. The molecule has 0 amide bonds. The van der Waals surface area contributed by atoms with E-state index in [4.69, 9.17) is 16.3 Å². The van der Waals surface area contributed by atoms with Gasteiger partial charge in [0.25, 0.3) is 0 Å². The molecule has 0 aliphatic rings. The summed E-state index contributed by atoms with van der Waals surface area (Å²) in [6.45, 7) is -1.89. The van der Waals surface area contributed by atoms with Crippen molar-refractivity contribution in [3.05, 3.63) is 69.3 Å². The molecule has 1 heterocycles. The molecule has 0 N–H and O–H groups in total. The molecule has 3 aromatic rings. The Labute approximate surface area is 175 Å². The smallest absolute Gasteiger partial charge is 0.387 e. The van der Waals surface area contributed by atoms with Crippen molar-refractivity contribution >= 4 is 29.2 Å². The third-order valence-corrected chi connectivity index (χ3v) is 5.02. The Balaban J connectivity index is 1.99. The fraction of sp³-hybridized carbons (Fsp3) is 0.200. The first-order valence-corrected chi connectivity index (χ1v) is 9.88. The average molecular weight is 438 g/mol. The fourth-order valence-electron chi connectivity index (χ4n) is 2.46. The molecule has 5 nitrogen and oxygen atoms in total. The highest BCUT2D eigenvalue weighted by Crippen LogP contribution is 2.24. The van der Waals surface area contributed by atoms with Crippen LogP contribution in [0.2, 0.25) is 5.02 Å². The number of methoxy groups -OCH3 is 1. The predicted molar refractivity (Wildman–Crippen MR) is 111 cm³/mol. The topological polar surface area (TPSA) is 48.1 Å². The molecule has 2 aromatic carbocycles. The molecule has 0 radical (unpaired) electrons. The Morgan fingerprint density at radius 2 is 1.93 bits per heavy atom. The number of benzene rings is 2. The van der Waals surface area contributed by atoms with E-state index in [-0.39, 0.29) is 5.75 Å². The van der Waals surface area contributed by atoms with E-state index < -0.39 is 6.61 Å². The molecule has 9 heteroatoms. The Morgan fingerprint density at radius 3 is 2.62 bits per heavy atom. The minimum atomic E-state index is -2.86. The van der Waals surface area contributed by atoms with Crippen LogP contribution < -0.4 is 9.54 Å². The molecule has 0 saturated heterocycles. The van der Waals surface area contributed by atoms with Gasteiger partial charge in [0.05, 0.1) is 25.1 Å². The predicted octanol–water partition coefficient (Wildman–Crippen LogP) is 4.90. The lowest BCUT2D eigenvalue weighted by atomic mass is 10.2. The van der Waals surface area contributed by atoms with Crippen molar-refractivity contribution in [3.63, 3.8) is 0 Å². The quantitative estimate of drug-likeness (QED) is 0.371. The van der Waals surface area contributed by atoms with Gasteiger partial charge in [-0.15, -0.1) is 11.3 Å². The van der Waals surface area contributed by atoms with Crippen molar-refractivity contribution in [1.82, 2.24) is 4.68 Å². The molecule has 29 heavy (non-hydrogen) atoms. The highest BCUT2D eigenvalue weighted by molar-refractivity contribution is 7.07. The van der Waals surface area contributed by atoms with E-state index in [0.717, 1.165) is 16.8 Å². The van der Waals surface area contributed by atoms with Crippen molar-refractivity contribution in [2.24, 2.45) is 10.1 Å². The SMILES string of the molecule is COCCN=c1scc(-c2ccc(OC(F)F)cc2)n1N=Cc1ccccc1Cl. The standard InChI is InChI=1S/C20H18ClF2N3O2S/c1-27-11-10-24-20-26(25-12-15-4-2-3-5-17(15)21)18(13-29-20)14-6-8-16(9-7-14)28-19(22)23/h2-9,12-13,19H,10-11H2,1H3. The number of ether oxygens (including phenoxy) is 2. The third kappa shape index (κ3) is 5.72. The van der Waals surface area contributed by atoms with Crippen molar-refractivity contribution < 1.29 is 18.3 Å². The van der Waals surface area contributed by atoms with E-state index in [0.29, 0.717) is 23.0 Å². The summed E-state index contributed by atoms with van der Waals surface area (Å²) in [5.74, 6) is 0.0927. The Kier molecular flexibility index (Phi) is 7.51. The molecule has 0 bridgehead atoms. The highest BCUT2D eigenvalue weighted by Gasteiger charge is 2.09. The van der Waals surface area contributed by atoms with Gasteiger partial charge in [-0.1, -0.05) is 29.8 Å².